The topological polar surface area (TPSA) is 219 Å². The maximum atomic E-state index is 11.8. The van der Waals surface area contributed by atoms with E-state index in [9.17, 15) is 24.3 Å². The smallest absolute Gasteiger partial charge is 0.407 e. The van der Waals surface area contributed by atoms with Crippen molar-refractivity contribution in [3.63, 3.8) is 0 Å². The lowest BCUT2D eigenvalue weighted by Crippen LogP contribution is -2.49. The van der Waals surface area contributed by atoms with Crippen LogP contribution in [0.25, 0.3) is 0 Å². The predicted molar refractivity (Wildman–Crippen MR) is 178 cm³/mol. The molecule has 0 radical (unpaired) electrons. The van der Waals surface area contributed by atoms with Crippen LogP contribution in [0.1, 0.15) is 52.7 Å². The average molecular weight is 677 g/mol. The van der Waals surface area contributed by atoms with Crippen LogP contribution in [0.2, 0.25) is 0 Å². The number of aliphatic hydroxyl groups is 3. The Morgan fingerprint density at radius 1 is 0.938 bits per heavy atom. The van der Waals surface area contributed by atoms with Gasteiger partial charge in [0.1, 0.15) is 19.3 Å². The molecule has 48 heavy (non-hydrogen) atoms. The van der Waals surface area contributed by atoms with Crippen LogP contribution in [0.15, 0.2) is 60.7 Å². The number of nitrogens with two attached hydrogens (primary N) is 1. The van der Waals surface area contributed by atoms with Gasteiger partial charge in [0.05, 0.1) is 13.2 Å². The molecule has 1 fully saturated rings. The second kappa shape index (κ2) is 20.9. The summed E-state index contributed by atoms with van der Waals surface area (Å²) >= 11 is 0. The van der Waals surface area contributed by atoms with E-state index in [1.165, 1.54) is 0 Å². The normalized spacial score (nSPS) is 16.6. The molecule has 1 aliphatic rings. The average Bonchev–Trinajstić information content (AvgIpc) is 3.31. The first-order chi connectivity index (χ1) is 22.5. The highest BCUT2D eigenvalue weighted by molar-refractivity contribution is 5.81. The number of hydrogen-bond donors (Lipinski definition) is 7. The van der Waals surface area contributed by atoms with Gasteiger partial charge in [-0.15, -0.1) is 0 Å². The molecule has 1 saturated heterocycles. The Morgan fingerprint density at radius 3 is 1.75 bits per heavy atom. The van der Waals surface area contributed by atoms with Crippen LogP contribution in [-0.4, -0.2) is 90.0 Å². The highest BCUT2D eigenvalue weighted by atomic mass is 16.6. The summed E-state index contributed by atoms with van der Waals surface area (Å²) in [6, 6.07) is 18.4. The van der Waals surface area contributed by atoms with Crippen LogP contribution in [0.4, 0.5) is 9.59 Å². The highest BCUT2D eigenvalue weighted by Crippen LogP contribution is 2.27. The van der Waals surface area contributed by atoms with Crippen molar-refractivity contribution >= 4 is 24.1 Å². The van der Waals surface area contributed by atoms with Crippen LogP contribution in [0.3, 0.4) is 0 Å². The molecule has 14 nitrogen and oxygen atoms in total. The minimum absolute atomic E-state index is 0.0618. The third kappa shape index (κ3) is 16.0. The summed E-state index contributed by atoms with van der Waals surface area (Å²) in [5.41, 5.74) is 5.87. The zero-order valence-electron chi connectivity index (χ0n) is 28.6. The maximum Gasteiger partial charge on any atom is 0.407 e. The van der Waals surface area contributed by atoms with E-state index in [0.29, 0.717) is 13.2 Å². The van der Waals surface area contributed by atoms with Gasteiger partial charge in [-0.1, -0.05) is 88.4 Å². The molecule has 0 aliphatic carbocycles. The van der Waals surface area contributed by atoms with Gasteiger partial charge in [-0.25, -0.2) is 14.4 Å². The molecule has 3 rings (SSSR count). The second-order valence-corrected chi connectivity index (χ2v) is 12.7. The van der Waals surface area contributed by atoms with Crippen molar-refractivity contribution in [2.24, 2.45) is 16.6 Å². The molecule has 3 amide bonds. The number of esters is 1. The summed E-state index contributed by atoms with van der Waals surface area (Å²) < 4.78 is 14.7. The van der Waals surface area contributed by atoms with E-state index in [2.05, 4.69) is 20.7 Å². The zero-order chi connectivity index (χ0) is 36.3. The molecule has 2 aromatic carbocycles. The van der Waals surface area contributed by atoms with Gasteiger partial charge in [-0.2, -0.15) is 0 Å². The van der Waals surface area contributed by atoms with E-state index < -0.39 is 47.1 Å². The largest absolute Gasteiger partial charge is 0.463 e. The van der Waals surface area contributed by atoms with E-state index in [-0.39, 0.29) is 38.4 Å². The molecule has 0 aromatic heterocycles. The van der Waals surface area contributed by atoms with E-state index in [4.69, 9.17) is 25.4 Å². The number of carbonyl (C=O) groups excluding carboxylic acids is 4. The molecule has 1 heterocycles. The fourth-order valence-electron chi connectivity index (χ4n) is 3.57. The molecule has 8 N–H and O–H groups in total. The van der Waals surface area contributed by atoms with E-state index in [1.54, 1.807) is 34.6 Å². The van der Waals surface area contributed by atoms with Gasteiger partial charge < -0.3 is 51.2 Å². The molecule has 268 valence electrons. The van der Waals surface area contributed by atoms with Crippen LogP contribution in [0, 0.1) is 10.8 Å². The first kappa shape index (κ1) is 41.8. The Bertz CT molecular complexity index is 1260. The van der Waals surface area contributed by atoms with Crippen LogP contribution in [0.5, 0.6) is 0 Å². The number of carbonyl (C=O) groups is 4. The molecule has 2 aromatic rings. The third-order valence-corrected chi connectivity index (χ3v) is 7.04. The molecular formula is C34H52N4O10. The fourth-order valence-corrected chi connectivity index (χ4v) is 3.57. The van der Waals surface area contributed by atoms with Gasteiger partial charge in [-0.3, -0.25) is 4.79 Å². The number of aliphatic hydroxyl groups excluding tert-OH is 3. The number of nitrogens with one attached hydrogen (secondary N) is 3. The number of cyclic esters (lactones) is 1. The number of hydrogen-bond acceptors (Lipinski definition) is 11. The molecule has 1 aliphatic heterocycles. The van der Waals surface area contributed by atoms with Crippen LogP contribution < -0.4 is 21.7 Å². The van der Waals surface area contributed by atoms with Crippen LogP contribution in [-0.2, 0) is 37.0 Å². The minimum Gasteiger partial charge on any atom is -0.463 e. The Hall–Kier alpha value is -4.24. The van der Waals surface area contributed by atoms with Crippen LogP contribution >= 0.6 is 0 Å². The Balaban J connectivity index is 0.000000404. The van der Waals surface area contributed by atoms with Crippen molar-refractivity contribution in [1.82, 2.24) is 16.0 Å². The summed E-state index contributed by atoms with van der Waals surface area (Å²) in [4.78, 5) is 45.2. The lowest BCUT2D eigenvalue weighted by molar-refractivity contribution is -0.145. The van der Waals surface area contributed by atoms with Crippen molar-refractivity contribution in [3.05, 3.63) is 71.8 Å². The molecule has 4 atom stereocenters. The number of benzene rings is 2. The Morgan fingerprint density at radius 2 is 1.40 bits per heavy atom. The fraction of sp³-hybridized carbons (Fsp3) is 0.529. The molecular weight excluding hydrogens is 624 g/mol. The predicted octanol–water partition coefficient (Wildman–Crippen LogP) is 1.99. The number of ether oxygens (including phenoxy) is 3. The van der Waals surface area contributed by atoms with Crippen molar-refractivity contribution < 1.29 is 48.7 Å². The van der Waals surface area contributed by atoms with Gasteiger partial charge >= 0.3 is 18.2 Å². The monoisotopic (exact) mass is 676 g/mol. The molecule has 0 spiro atoms. The van der Waals surface area contributed by atoms with E-state index in [0.717, 1.165) is 11.1 Å². The third-order valence-electron chi connectivity index (χ3n) is 7.04. The number of amides is 3. The van der Waals surface area contributed by atoms with Crippen molar-refractivity contribution in [2.75, 3.05) is 26.3 Å². The lowest BCUT2D eigenvalue weighted by atomic mass is 9.87. The first-order valence-corrected chi connectivity index (χ1v) is 15.6. The second-order valence-electron chi connectivity index (χ2n) is 12.7. The van der Waals surface area contributed by atoms with Gasteiger partial charge in [0.25, 0.3) is 0 Å². The Labute approximate surface area is 282 Å². The van der Waals surface area contributed by atoms with Crippen molar-refractivity contribution in [2.45, 2.75) is 79.0 Å². The van der Waals surface area contributed by atoms with Gasteiger partial charge in [-0.05, 0) is 25.0 Å². The number of rotatable bonds is 12. The Kier molecular flexibility index (Phi) is 18.2. The molecule has 0 unspecified atom stereocenters. The SMILES string of the molecule is CC1(C)COC(=O)[C@@H]1O.C[C@H](CN)NC(=O)OCc1ccccc1.C[C@H](CNC(=O)[C@H](O)C(C)(C)CO)NC(=O)OCc1ccccc1. The molecule has 14 heteroatoms. The zero-order valence-corrected chi connectivity index (χ0v) is 28.6. The molecule has 0 bridgehead atoms. The van der Waals surface area contributed by atoms with Gasteiger partial charge in [0.2, 0.25) is 5.91 Å². The van der Waals surface area contributed by atoms with Gasteiger partial charge in [0, 0.05) is 36.0 Å². The first-order valence-electron chi connectivity index (χ1n) is 15.6. The van der Waals surface area contributed by atoms with E-state index >= 15 is 0 Å². The summed E-state index contributed by atoms with van der Waals surface area (Å²) in [5.74, 6) is -1.10. The highest BCUT2D eigenvalue weighted by Gasteiger charge is 2.42. The number of alkyl carbamates (subject to hydrolysis) is 2. The quantitative estimate of drug-likeness (QED) is 0.127. The van der Waals surface area contributed by atoms with Gasteiger partial charge in [0.15, 0.2) is 6.10 Å². The van der Waals surface area contributed by atoms with Crippen molar-refractivity contribution in [3.8, 4) is 0 Å². The molecule has 0 saturated carbocycles. The standard InChI is InChI=1S/C17H26N2O5.C11H16N2O2.C6H10O3/c1-12(9-18-15(22)14(21)17(2,3)11-20)19-16(23)24-10-13-7-5-4-6-8-13;1-9(7-12)13-11(14)15-8-10-5-3-2-4-6-10;1-6(2)3-9-5(8)4(6)7/h4-8,12,14,20-21H,9-11H2,1-3H3,(H,18,22)(H,19,23);2-6,9H,7-8,12H2,1H3,(H,13,14);4,7H,3H2,1-2H3/t12-,14+;9-;4-/m110/s1. The lowest BCUT2D eigenvalue weighted by Gasteiger charge is -2.27. The maximum absolute atomic E-state index is 11.8. The summed E-state index contributed by atoms with van der Waals surface area (Å²) in [6.07, 6.45) is -3.29. The summed E-state index contributed by atoms with van der Waals surface area (Å²) in [6.45, 7) is 11.3. The summed E-state index contributed by atoms with van der Waals surface area (Å²) in [7, 11) is 0. The van der Waals surface area contributed by atoms with E-state index in [1.807, 2.05) is 67.6 Å². The minimum atomic E-state index is -1.33. The summed E-state index contributed by atoms with van der Waals surface area (Å²) in [5, 5.41) is 35.8. The van der Waals surface area contributed by atoms with Crippen molar-refractivity contribution in [1.29, 1.82) is 0 Å².